The van der Waals surface area contributed by atoms with Gasteiger partial charge in [-0.15, -0.1) is 0 Å². The highest BCUT2D eigenvalue weighted by atomic mass is 32.2. The van der Waals surface area contributed by atoms with Crippen LogP contribution in [0.15, 0.2) is 52.7 Å². The molecule has 1 aliphatic heterocycles. The summed E-state index contributed by atoms with van der Waals surface area (Å²) in [5, 5.41) is 15.2. The van der Waals surface area contributed by atoms with Crippen molar-refractivity contribution in [2.24, 2.45) is 0 Å². The SMILES string of the molecule is CCN(C)CC(=O)Nc1ccc(SC2=Cc3nccn3C(Nc3cc(C4CC4)[nH]n3)N2C)cc1. The number of hydrogen-bond donors (Lipinski definition) is 3. The molecule has 10 heteroatoms. The molecule has 1 aliphatic carbocycles. The van der Waals surface area contributed by atoms with Gasteiger partial charge in [0.05, 0.1) is 11.6 Å². The molecule has 1 unspecified atom stereocenters. The number of carbonyl (C=O) groups excluding carboxylic acids is 1. The second-order valence-electron chi connectivity index (χ2n) is 8.79. The average molecular weight is 479 g/mol. The van der Waals surface area contributed by atoms with E-state index < -0.39 is 0 Å². The van der Waals surface area contributed by atoms with Gasteiger partial charge in [-0.05, 0) is 50.7 Å². The smallest absolute Gasteiger partial charge is 0.238 e. The summed E-state index contributed by atoms with van der Waals surface area (Å²) in [5.41, 5.74) is 2.00. The maximum absolute atomic E-state index is 12.1. The molecule has 0 spiro atoms. The Morgan fingerprint density at radius 3 is 2.82 bits per heavy atom. The summed E-state index contributed by atoms with van der Waals surface area (Å²) in [5.74, 6) is 2.34. The number of fused-ring (bicyclic) bond motifs is 1. The predicted octanol–water partition coefficient (Wildman–Crippen LogP) is 3.98. The first-order valence-corrected chi connectivity index (χ1v) is 12.4. The minimum Gasteiger partial charge on any atom is -0.331 e. The molecule has 3 aromatic rings. The van der Waals surface area contributed by atoms with Gasteiger partial charge in [-0.25, -0.2) is 4.98 Å². The van der Waals surface area contributed by atoms with E-state index in [1.165, 1.54) is 18.5 Å². The molecule has 178 valence electrons. The third-order valence-corrected chi connectivity index (χ3v) is 7.26. The lowest BCUT2D eigenvalue weighted by molar-refractivity contribution is -0.117. The number of benzene rings is 1. The molecule has 1 atom stereocenters. The zero-order valence-corrected chi connectivity index (χ0v) is 20.5. The normalized spacial score (nSPS) is 17.5. The zero-order valence-electron chi connectivity index (χ0n) is 19.7. The highest BCUT2D eigenvalue weighted by Crippen LogP contribution is 2.40. The Balaban J connectivity index is 1.27. The van der Waals surface area contributed by atoms with Crippen molar-refractivity contribution in [3.63, 3.8) is 0 Å². The number of hydrogen-bond acceptors (Lipinski definition) is 7. The third kappa shape index (κ3) is 4.97. The monoisotopic (exact) mass is 478 g/mol. The van der Waals surface area contributed by atoms with Gasteiger partial charge < -0.3 is 15.5 Å². The number of H-pyrrole nitrogens is 1. The average Bonchev–Trinajstić information content (AvgIpc) is 3.39. The lowest BCUT2D eigenvalue weighted by Gasteiger charge is -2.36. The number of thioether (sulfide) groups is 1. The quantitative estimate of drug-likeness (QED) is 0.428. The van der Waals surface area contributed by atoms with Gasteiger partial charge in [-0.3, -0.25) is 19.4 Å². The van der Waals surface area contributed by atoms with E-state index in [-0.39, 0.29) is 12.2 Å². The van der Waals surface area contributed by atoms with Gasteiger partial charge in [-0.2, -0.15) is 5.10 Å². The van der Waals surface area contributed by atoms with E-state index in [1.54, 1.807) is 11.8 Å². The fourth-order valence-electron chi connectivity index (χ4n) is 3.86. The maximum atomic E-state index is 12.1. The minimum atomic E-state index is -0.144. The Labute approximate surface area is 203 Å². The summed E-state index contributed by atoms with van der Waals surface area (Å²) in [6.07, 6.45) is 8.20. The molecule has 5 rings (SSSR count). The molecule has 1 amide bonds. The lowest BCUT2D eigenvalue weighted by atomic mass is 10.3. The number of aromatic amines is 1. The molecule has 34 heavy (non-hydrogen) atoms. The third-order valence-electron chi connectivity index (χ3n) is 6.13. The van der Waals surface area contributed by atoms with Gasteiger partial charge in [0, 0.05) is 53.8 Å². The minimum absolute atomic E-state index is 0.0107. The van der Waals surface area contributed by atoms with Crippen molar-refractivity contribution in [3.05, 3.63) is 59.3 Å². The topological polar surface area (TPSA) is 94.1 Å². The van der Waals surface area contributed by atoms with Crippen molar-refractivity contribution < 1.29 is 4.79 Å². The van der Waals surface area contributed by atoms with Crippen molar-refractivity contribution in [2.75, 3.05) is 37.8 Å². The van der Waals surface area contributed by atoms with Crippen LogP contribution < -0.4 is 10.6 Å². The Kier molecular flexibility index (Phi) is 6.34. The molecule has 0 saturated heterocycles. The van der Waals surface area contributed by atoms with Gasteiger partial charge in [0.2, 0.25) is 5.91 Å². The van der Waals surface area contributed by atoms with E-state index >= 15 is 0 Å². The maximum Gasteiger partial charge on any atom is 0.238 e. The van der Waals surface area contributed by atoms with Crippen LogP contribution in [0.25, 0.3) is 6.08 Å². The number of nitrogens with one attached hydrogen (secondary N) is 3. The molecule has 9 nitrogen and oxygen atoms in total. The van der Waals surface area contributed by atoms with Crippen molar-refractivity contribution >= 4 is 35.3 Å². The fraction of sp³-hybridized carbons (Fsp3) is 0.375. The Morgan fingerprint density at radius 2 is 2.09 bits per heavy atom. The number of nitrogens with zero attached hydrogens (tertiary/aromatic N) is 5. The fourth-order valence-corrected chi connectivity index (χ4v) is 4.78. The molecule has 0 radical (unpaired) electrons. The molecule has 1 fully saturated rings. The first-order chi connectivity index (χ1) is 16.5. The summed E-state index contributed by atoms with van der Waals surface area (Å²) >= 11 is 1.66. The second-order valence-corrected chi connectivity index (χ2v) is 9.89. The number of rotatable bonds is 9. The van der Waals surface area contributed by atoms with Crippen molar-refractivity contribution in [1.82, 2.24) is 29.5 Å². The van der Waals surface area contributed by atoms with Crippen LogP contribution in [0.5, 0.6) is 0 Å². The molecular formula is C24H30N8OS. The number of carbonyl (C=O) groups is 1. The summed E-state index contributed by atoms with van der Waals surface area (Å²) < 4.78 is 2.10. The second kappa shape index (κ2) is 9.55. The van der Waals surface area contributed by atoms with Gasteiger partial charge in [-0.1, -0.05) is 18.7 Å². The highest BCUT2D eigenvalue weighted by Gasteiger charge is 2.29. The van der Waals surface area contributed by atoms with E-state index in [0.717, 1.165) is 33.8 Å². The van der Waals surface area contributed by atoms with E-state index in [4.69, 9.17) is 0 Å². The lowest BCUT2D eigenvalue weighted by Crippen LogP contribution is -2.36. The van der Waals surface area contributed by atoms with Crippen LogP contribution in [0.3, 0.4) is 0 Å². The van der Waals surface area contributed by atoms with Crippen molar-refractivity contribution in [3.8, 4) is 0 Å². The first-order valence-electron chi connectivity index (χ1n) is 11.6. The highest BCUT2D eigenvalue weighted by molar-refractivity contribution is 8.03. The van der Waals surface area contributed by atoms with Crippen LogP contribution in [-0.4, -0.2) is 62.6 Å². The number of aromatic nitrogens is 4. The Morgan fingerprint density at radius 1 is 1.29 bits per heavy atom. The molecule has 1 saturated carbocycles. The van der Waals surface area contributed by atoms with Crippen LogP contribution in [0.2, 0.25) is 0 Å². The molecule has 2 aromatic heterocycles. The van der Waals surface area contributed by atoms with E-state index in [9.17, 15) is 4.79 Å². The van der Waals surface area contributed by atoms with Crippen LogP contribution in [0, 0.1) is 0 Å². The first kappa shape index (κ1) is 22.5. The number of imidazole rings is 1. The summed E-state index contributed by atoms with van der Waals surface area (Å²) in [4.78, 5) is 21.9. The van der Waals surface area contributed by atoms with Gasteiger partial charge in [0.25, 0.3) is 0 Å². The van der Waals surface area contributed by atoms with Gasteiger partial charge in [0.1, 0.15) is 5.82 Å². The predicted molar refractivity (Wildman–Crippen MR) is 135 cm³/mol. The number of amides is 1. The number of anilines is 2. The van der Waals surface area contributed by atoms with Crippen LogP contribution in [0.4, 0.5) is 11.5 Å². The summed E-state index contributed by atoms with van der Waals surface area (Å²) in [7, 11) is 3.99. The van der Waals surface area contributed by atoms with Crippen LogP contribution >= 0.6 is 11.8 Å². The standard InChI is InChI=1S/C24H30N8OS/c1-4-30(2)15-22(33)26-17-7-9-18(10-8-17)34-23-14-21-25-11-12-32(21)24(31(23)3)27-20-13-19(28-29-20)16-5-6-16/h7-14,16,24H,4-6,15H2,1-3H3,(H,26,33)(H2,27,28,29). The summed E-state index contributed by atoms with van der Waals surface area (Å²) in [6, 6.07) is 10.0. The molecule has 0 bridgehead atoms. The van der Waals surface area contributed by atoms with E-state index in [1.807, 2.05) is 55.5 Å². The van der Waals surface area contributed by atoms with Gasteiger partial charge in [0.15, 0.2) is 12.1 Å². The van der Waals surface area contributed by atoms with Gasteiger partial charge >= 0.3 is 0 Å². The van der Waals surface area contributed by atoms with Crippen LogP contribution in [0.1, 0.15) is 43.5 Å². The largest absolute Gasteiger partial charge is 0.331 e. The van der Waals surface area contributed by atoms with E-state index in [2.05, 4.69) is 54.5 Å². The van der Waals surface area contributed by atoms with Crippen molar-refractivity contribution in [1.29, 1.82) is 0 Å². The van der Waals surface area contributed by atoms with Crippen molar-refractivity contribution in [2.45, 2.75) is 36.9 Å². The Hall–Kier alpha value is -3.24. The van der Waals surface area contributed by atoms with Crippen LogP contribution in [-0.2, 0) is 4.79 Å². The molecular weight excluding hydrogens is 448 g/mol. The Bertz CT molecular complexity index is 1180. The molecule has 1 aromatic carbocycles. The molecule has 3 N–H and O–H groups in total. The zero-order chi connectivity index (χ0) is 23.7. The van der Waals surface area contributed by atoms with E-state index in [0.29, 0.717) is 12.5 Å². The number of likely N-dealkylation sites (N-methyl/N-ethyl adjacent to an activating group) is 1. The molecule has 3 heterocycles. The summed E-state index contributed by atoms with van der Waals surface area (Å²) in [6.45, 7) is 3.24. The molecule has 2 aliphatic rings.